The van der Waals surface area contributed by atoms with Gasteiger partial charge in [0.25, 0.3) is 5.91 Å². The number of methoxy groups -OCH3 is 1. The molecule has 2 heterocycles. The van der Waals surface area contributed by atoms with Crippen molar-refractivity contribution in [2.45, 2.75) is 39.3 Å². The number of fused-ring (bicyclic) bond motifs is 1. The first-order valence-electron chi connectivity index (χ1n) is 11.1. The number of amides is 1. The molecule has 1 amide bonds. The van der Waals surface area contributed by atoms with Crippen molar-refractivity contribution >= 4 is 17.5 Å². The highest BCUT2D eigenvalue weighted by Crippen LogP contribution is 2.46. The summed E-state index contributed by atoms with van der Waals surface area (Å²) in [4.78, 5) is 15.2. The van der Waals surface area contributed by atoms with Gasteiger partial charge in [0.15, 0.2) is 11.5 Å². The van der Waals surface area contributed by atoms with E-state index < -0.39 is 6.04 Å². The third-order valence-electron chi connectivity index (χ3n) is 5.91. The number of phenolic OH excluding ortho intramolecular Hbond substituents is 2. The summed E-state index contributed by atoms with van der Waals surface area (Å²) in [7, 11) is 1.47. The van der Waals surface area contributed by atoms with Crippen molar-refractivity contribution in [2.24, 2.45) is 0 Å². The van der Waals surface area contributed by atoms with Crippen molar-refractivity contribution in [3.63, 3.8) is 0 Å². The molecule has 2 aromatic carbocycles. The summed E-state index contributed by atoms with van der Waals surface area (Å²) >= 11 is 6.35. The summed E-state index contributed by atoms with van der Waals surface area (Å²) < 4.78 is 11.0. The zero-order valence-corrected chi connectivity index (χ0v) is 20.3. The van der Waals surface area contributed by atoms with E-state index in [2.05, 4.69) is 10.2 Å². The lowest BCUT2D eigenvalue weighted by Crippen LogP contribution is -2.31. The summed E-state index contributed by atoms with van der Waals surface area (Å²) in [6, 6.07) is 7.72. The molecule has 8 nitrogen and oxygen atoms in total. The summed E-state index contributed by atoms with van der Waals surface area (Å²) in [6.07, 6.45) is 0.744. The lowest BCUT2D eigenvalue weighted by Gasteiger charge is -2.27. The number of halogens is 1. The fourth-order valence-electron chi connectivity index (χ4n) is 4.25. The molecule has 3 N–H and O–H groups in total. The standard InChI is InChI=1S/C25H28ClN3O5/c1-13(2)34-9-5-8-29-24(15-6-7-18(30)20(11-15)33-4)21-22(27-28-23(21)25(29)32)16-12-17(26)14(3)10-19(16)31/h6-7,10-13,24,30-31H,5,8-9H2,1-4H3,(H,27,28). The van der Waals surface area contributed by atoms with Crippen LogP contribution in [0.15, 0.2) is 30.3 Å². The van der Waals surface area contributed by atoms with Gasteiger partial charge in [0.05, 0.1) is 19.3 Å². The van der Waals surface area contributed by atoms with Gasteiger partial charge in [-0.2, -0.15) is 5.10 Å². The van der Waals surface area contributed by atoms with E-state index in [4.69, 9.17) is 21.1 Å². The highest BCUT2D eigenvalue weighted by Gasteiger charge is 2.42. The van der Waals surface area contributed by atoms with Gasteiger partial charge in [-0.25, -0.2) is 0 Å². The van der Waals surface area contributed by atoms with Gasteiger partial charge in [-0.05, 0) is 62.6 Å². The van der Waals surface area contributed by atoms with Crippen molar-refractivity contribution in [3.8, 4) is 28.5 Å². The summed E-state index contributed by atoms with van der Waals surface area (Å²) in [6.45, 7) is 6.70. The number of nitrogens with zero attached hydrogens (tertiary/aromatic N) is 2. The minimum atomic E-state index is -0.510. The predicted molar refractivity (Wildman–Crippen MR) is 129 cm³/mol. The number of hydrogen-bond donors (Lipinski definition) is 3. The monoisotopic (exact) mass is 485 g/mol. The molecule has 0 spiro atoms. The van der Waals surface area contributed by atoms with Gasteiger partial charge in [-0.1, -0.05) is 17.7 Å². The molecule has 1 aliphatic heterocycles. The van der Waals surface area contributed by atoms with Gasteiger partial charge in [-0.3, -0.25) is 9.89 Å². The molecule has 0 radical (unpaired) electrons. The van der Waals surface area contributed by atoms with Crippen LogP contribution >= 0.6 is 11.6 Å². The molecule has 1 aromatic heterocycles. The van der Waals surface area contributed by atoms with Crippen LogP contribution in [0, 0.1) is 6.92 Å². The lowest BCUT2D eigenvalue weighted by molar-refractivity contribution is 0.0601. The van der Waals surface area contributed by atoms with E-state index in [1.54, 1.807) is 36.1 Å². The maximum absolute atomic E-state index is 13.4. The number of carbonyl (C=O) groups excluding carboxylic acids is 1. The smallest absolute Gasteiger partial charge is 0.273 e. The number of carbonyl (C=O) groups is 1. The first kappa shape index (κ1) is 23.9. The number of hydrogen-bond acceptors (Lipinski definition) is 6. The van der Waals surface area contributed by atoms with Crippen molar-refractivity contribution in [2.75, 3.05) is 20.3 Å². The Bertz CT molecular complexity index is 1220. The zero-order chi connectivity index (χ0) is 24.6. The van der Waals surface area contributed by atoms with Crippen molar-refractivity contribution in [1.29, 1.82) is 0 Å². The number of aromatic nitrogens is 2. The van der Waals surface area contributed by atoms with Crippen LogP contribution in [-0.2, 0) is 4.74 Å². The number of aryl methyl sites for hydroxylation is 1. The van der Waals surface area contributed by atoms with E-state index in [0.29, 0.717) is 52.9 Å². The van der Waals surface area contributed by atoms with E-state index in [1.807, 2.05) is 13.8 Å². The summed E-state index contributed by atoms with van der Waals surface area (Å²) in [5, 5.41) is 28.5. The molecule has 0 saturated heterocycles. The van der Waals surface area contributed by atoms with Crippen LogP contribution in [-0.4, -0.2) is 57.6 Å². The highest BCUT2D eigenvalue weighted by molar-refractivity contribution is 6.31. The largest absolute Gasteiger partial charge is 0.507 e. The number of benzene rings is 2. The molecular formula is C25H28ClN3O5. The van der Waals surface area contributed by atoms with Gasteiger partial charge in [0, 0.05) is 29.3 Å². The third-order valence-corrected chi connectivity index (χ3v) is 6.32. The minimum Gasteiger partial charge on any atom is -0.507 e. The molecule has 0 aliphatic carbocycles. The molecule has 180 valence electrons. The third kappa shape index (κ3) is 4.31. The quantitative estimate of drug-likeness (QED) is 0.395. The Morgan fingerprint density at radius 3 is 2.68 bits per heavy atom. The maximum Gasteiger partial charge on any atom is 0.273 e. The van der Waals surface area contributed by atoms with E-state index >= 15 is 0 Å². The van der Waals surface area contributed by atoms with Crippen LogP contribution in [0.5, 0.6) is 17.2 Å². The van der Waals surface area contributed by atoms with Crippen LogP contribution < -0.4 is 4.74 Å². The molecule has 1 aliphatic rings. The van der Waals surface area contributed by atoms with Crippen LogP contribution in [0.4, 0.5) is 0 Å². The first-order chi connectivity index (χ1) is 16.2. The number of phenols is 2. The Labute approximate surface area is 203 Å². The predicted octanol–water partition coefficient (Wildman–Crippen LogP) is 4.82. The Hall–Kier alpha value is -3.23. The average molecular weight is 486 g/mol. The minimum absolute atomic E-state index is 0.00283. The average Bonchev–Trinajstić information content (AvgIpc) is 3.33. The number of ether oxygens (including phenoxy) is 2. The number of rotatable bonds is 8. The second kappa shape index (κ2) is 9.56. The van der Waals surface area contributed by atoms with Crippen molar-refractivity contribution in [3.05, 3.63) is 57.7 Å². The maximum atomic E-state index is 13.4. The Kier molecular flexibility index (Phi) is 6.72. The van der Waals surface area contributed by atoms with Crippen molar-refractivity contribution in [1.82, 2.24) is 15.1 Å². The fraction of sp³-hybridized carbons (Fsp3) is 0.360. The molecule has 0 bridgehead atoms. The molecule has 0 fully saturated rings. The normalized spacial score (nSPS) is 15.3. The topological polar surface area (TPSA) is 108 Å². The summed E-state index contributed by atoms with van der Waals surface area (Å²) in [5.74, 6) is 0.123. The molecule has 9 heteroatoms. The Balaban J connectivity index is 1.81. The molecule has 4 rings (SSSR count). The Morgan fingerprint density at radius 1 is 1.21 bits per heavy atom. The first-order valence-corrected chi connectivity index (χ1v) is 11.5. The Morgan fingerprint density at radius 2 is 1.97 bits per heavy atom. The molecule has 3 aromatic rings. The van der Waals surface area contributed by atoms with E-state index in [9.17, 15) is 15.0 Å². The number of aromatic amines is 1. The molecule has 1 unspecified atom stereocenters. The van der Waals surface area contributed by atoms with Gasteiger partial charge < -0.3 is 24.6 Å². The molecular weight excluding hydrogens is 458 g/mol. The second-order valence-electron chi connectivity index (χ2n) is 8.58. The zero-order valence-electron chi connectivity index (χ0n) is 19.6. The van der Waals surface area contributed by atoms with E-state index in [0.717, 1.165) is 11.1 Å². The van der Waals surface area contributed by atoms with Gasteiger partial charge in [0.1, 0.15) is 17.1 Å². The van der Waals surface area contributed by atoms with Crippen LogP contribution in [0.2, 0.25) is 5.02 Å². The van der Waals surface area contributed by atoms with Crippen LogP contribution in [0.1, 0.15) is 53.5 Å². The van der Waals surface area contributed by atoms with E-state index in [-0.39, 0.29) is 23.5 Å². The molecule has 1 atom stereocenters. The second-order valence-corrected chi connectivity index (χ2v) is 8.99. The number of nitrogens with one attached hydrogen (secondary N) is 1. The SMILES string of the molecule is COc1cc(C2c3c(-c4cc(Cl)c(C)cc4O)n[nH]c3C(=O)N2CCCOC(C)C)ccc1O. The van der Waals surface area contributed by atoms with Gasteiger partial charge in [-0.15, -0.1) is 0 Å². The molecule has 0 saturated carbocycles. The number of aromatic hydroxyl groups is 2. The fourth-order valence-corrected chi connectivity index (χ4v) is 4.42. The molecule has 34 heavy (non-hydrogen) atoms. The van der Waals surface area contributed by atoms with E-state index in [1.165, 1.54) is 13.2 Å². The van der Waals surface area contributed by atoms with Crippen molar-refractivity contribution < 1.29 is 24.5 Å². The van der Waals surface area contributed by atoms with Crippen LogP contribution in [0.3, 0.4) is 0 Å². The number of H-pyrrole nitrogens is 1. The lowest BCUT2D eigenvalue weighted by atomic mass is 9.95. The highest BCUT2D eigenvalue weighted by atomic mass is 35.5. The van der Waals surface area contributed by atoms with Crippen LogP contribution in [0.25, 0.3) is 11.3 Å². The summed E-state index contributed by atoms with van der Waals surface area (Å²) in [5.41, 5.74) is 3.35. The van der Waals surface area contributed by atoms with Gasteiger partial charge >= 0.3 is 0 Å². The van der Waals surface area contributed by atoms with Gasteiger partial charge in [0.2, 0.25) is 0 Å².